The Morgan fingerprint density at radius 3 is 2.82 bits per heavy atom. The Labute approximate surface area is 169 Å². The van der Waals surface area contributed by atoms with Gasteiger partial charge in [-0.2, -0.15) is 5.01 Å². The molecule has 1 atom stereocenters. The van der Waals surface area contributed by atoms with Crippen molar-refractivity contribution in [1.82, 2.24) is 15.4 Å². The molecule has 0 saturated carbocycles. The first kappa shape index (κ1) is 17.4. The summed E-state index contributed by atoms with van der Waals surface area (Å²) < 4.78 is 15.4. The van der Waals surface area contributed by atoms with Crippen molar-refractivity contribution in [3.63, 3.8) is 0 Å². The van der Waals surface area contributed by atoms with Crippen LogP contribution in [-0.4, -0.2) is 23.4 Å². The lowest BCUT2D eigenvalue weighted by Crippen LogP contribution is -2.29. The topological polar surface area (TPSA) is 52.5 Å². The van der Waals surface area contributed by atoms with Gasteiger partial charge in [-0.1, -0.05) is 35.9 Å². The maximum absolute atomic E-state index is 14.3. The molecular weight excluding hydrogens is 397 g/mol. The summed E-state index contributed by atoms with van der Waals surface area (Å²) in [6, 6.07) is 12.7. The summed E-state index contributed by atoms with van der Waals surface area (Å²) in [4.78, 5) is 9.37. The molecule has 0 radical (unpaired) electrons. The fourth-order valence-corrected chi connectivity index (χ4v) is 4.57. The summed E-state index contributed by atoms with van der Waals surface area (Å²) in [7, 11) is 1.93. The number of aromatic nitrogens is 1. The lowest BCUT2D eigenvalue weighted by molar-refractivity contribution is 0.245. The maximum Gasteiger partial charge on any atom is 0.148 e. The van der Waals surface area contributed by atoms with Crippen LogP contribution in [0.1, 0.15) is 11.7 Å². The van der Waals surface area contributed by atoms with E-state index in [2.05, 4.69) is 21.8 Å². The molecular formula is C20H15ClFN5S. The smallest absolute Gasteiger partial charge is 0.148 e. The molecule has 0 fully saturated rings. The fraction of sp³-hybridized carbons (Fsp3) is 0.100. The Balaban J connectivity index is 1.75. The number of anilines is 2. The van der Waals surface area contributed by atoms with E-state index < -0.39 is 5.82 Å². The molecule has 1 aliphatic heterocycles. The van der Waals surface area contributed by atoms with Crippen LogP contribution in [0.5, 0.6) is 0 Å². The first-order valence-electron chi connectivity index (χ1n) is 8.65. The van der Waals surface area contributed by atoms with Gasteiger partial charge in [-0.25, -0.2) is 14.4 Å². The van der Waals surface area contributed by atoms with E-state index >= 15 is 0 Å². The van der Waals surface area contributed by atoms with Crippen molar-refractivity contribution >= 4 is 61.8 Å². The molecule has 2 aromatic carbocycles. The van der Waals surface area contributed by atoms with Crippen molar-refractivity contribution in [2.24, 2.45) is 4.99 Å². The molecule has 0 saturated heterocycles. The van der Waals surface area contributed by atoms with E-state index in [-0.39, 0.29) is 11.9 Å². The van der Waals surface area contributed by atoms with Gasteiger partial charge < -0.3 is 10.7 Å². The zero-order valence-electron chi connectivity index (χ0n) is 14.8. The Kier molecular flexibility index (Phi) is 4.16. The predicted molar refractivity (Wildman–Crippen MR) is 114 cm³/mol. The molecule has 2 N–H and O–H groups in total. The molecule has 0 spiro atoms. The molecule has 140 valence electrons. The SMILES string of the molecule is CN1NC=NC1c1cccc2c1nc(Nc1c(F)cccc1Cl)c1ccsc12. The average Bonchev–Trinajstić information content (AvgIpc) is 3.34. The van der Waals surface area contributed by atoms with E-state index in [4.69, 9.17) is 16.6 Å². The third-order valence-electron chi connectivity index (χ3n) is 4.78. The molecule has 1 unspecified atom stereocenters. The summed E-state index contributed by atoms with van der Waals surface area (Å²) in [6.07, 6.45) is 1.49. The minimum atomic E-state index is -0.421. The van der Waals surface area contributed by atoms with Crippen LogP contribution < -0.4 is 10.7 Å². The number of aliphatic imine (C=N–C) groups is 1. The Bertz CT molecular complexity index is 1220. The Hall–Kier alpha value is -2.74. The van der Waals surface area contributed by atoms with E-state index in [0.29, 0.717) is 10.8 Å². The number of fused-ring (bicyclic) bond motifs is 3. The van der Waals surface area contributed by atoms with Gasteiger partial charge in [0.2, 0.25) is 0 Å². The van der Waals surface area contributed by atoms with Crippen LogP contribution in [0.3, 0.4) is 0 Å². The minimum absolute atomic E-state index is 0.182. The monoisotopic (exact) mass is 411 g/mol. The molecule has 1 aliphatic rings. The number of hydrogen-bond donors (Lipinski definition) is 2. The van der Waals surface area contributed by atoms with Gasteiger partial charge in [-0.15, -0.1) is 11.3 Å². The summed E-state index contributed by atoms with van der Waals surface area (Å²) in [5.41, 5.74) is 5.08. The summed E-state index contributed by atoms with van der Waals surface area (Å²) in [5, 5.41) is 9.31. The lowest BCUT2D eigenvalue weighted by Gasteiger charge is -2.20. The molecule has 5 nitrogen and oxygen atoms in total. The van der Waals surface area contributed by atoms with E-state index in [1.54, 1.807) is 29.8 Å². The van der Waals surface area contributed by atoms with Crippen LogP contribution in [0.15, 0.2) is 52.8 Å². The summed E-state index contributed by atoms with van der Waals surface area (Å²) >= 11 is 7.84. The Morgan fingerprint density at radius 1 is 1.18 bits per heavy atom. The van der Waals surface area contributed by atoms with Crippen molar-refractivity contribution < 1.29 is 4.39 Å². The van der Waals surface area contributed by atoms with Gasteiger partial charge in [0.25, 0.3) is 0 Å². The number of rotatable bonds is 3. The van der Waals surface area contributed by atoms with Crippen molar-refractivity contribution in [2.75, 3.05) is 12.4 Å². The van der Waals surface area contributed by atoms with Gasteiger partial charge in [0.05, 0.1) is 22.6 Å². The van der Waals surface area contributed by atoms with Crippen LogP contribution in [0.4, 0.5) is 15.9 Å². The highest BCUT2D eigenvalue weighted by molar-refractivity contribution is 7.18. The molecule has 2 aromatic heterocycles. The highest BCUT2D eigenvalue weighted by atomic mass is 35.5. The van der Waals surface area contributed by atoms with E-state index in [9.17, 15) is 4.39 Å². The third-order valence-corrected chi connectivity index (χ3v) is 6.05. The number of hydrazine groups is 1. The number of hydrogen-bond acceptors (Lipinski definition) is 6. The van der Waals surface area contributed by atoms with E-state index in [1.807, 2.05) is 35.6 Å². The lowest BCUT2D eigenvalue weighted by atomic mass is 10.1. The number of para-hydroxylation sites is 2. The van der Waals surface area contributed by atoms with Crippen LogP contribution in [0.25, 0.3) is 21.0 Å². The molecule has 4 aromatic rings. The first-order valence-corrected chi connectivity index (χ1v) is 9.91. The third kappa shape index (κ3) is 2.71. The van der Waals surface area contributed by atoms with Gasteiger partial charge >= 0.3 is 0 Å². The molecule has 0 aliphatic carbocycles. The summed E-state index contributed by atoms with van der Waals surface area (Å²) in [5.74, 6) is 0.149. The molecule has 8 heteroatoms. The normalized spacial score (nSPS) is 16.8. The molecule has 0 bridgehead atoms. The van der Waals surface area contributed by atoms with Crippen LogP contribution in [0, 0.1) is 5.82 Å². The largest absolute Gasteiger partial charge is 0.336 e. The number of thiophene rings is 1. The highest BCUT2D eigenvalue weighted by Gasteiger charge is 2.23. The zero-order valence-corrected chi connectivity index (χ0v) is 16.4. The van der Waals surface area contributed by atoms with Gasteiger partial charge in [0.1, 0.15) is 17.8 Å². The second-order valence-electron chi connectivity index (χ2n) is 6.48. The molecule has 3 heterocycles. The van der Waals surface area contributed by atoms with Gasteiger partial charge in [-0.05, 0) is 23.6 Å². The quantitative estimate of drug-likeness (QED) is 0.470. The maximum atomic E-state index is 14.3. The van der Waals surface area contributed by atoms with E-state index in [0.717, 1.165) is 26.6 Å². The van der Waals surface area contributed by atoms with Crippen molar-refractivity contribution in [3.05, 3.63) is 64.2 Å². The number of nitrogens with zero attached hydrogens (tertiary/aromatic N) is 3. The number of halogens is 2. The second kappa shape index (κ2) is 6.70. The van der Waals surface area contributed by atoms with Crippen molar-refractivity contribution in [3.8, 4) is 0 Å². The van der Waals surface area contributed by atoms with Crippen LogP contribution >= 0.6 is 22.9 Å². The van der Waals surface area contributed by atoms with Crippen LogP contribution in [0.2, 0.25) is 5.02 Å². The van der Waals surface area contributed by atoms with Gasteiger partial charge in [0, 0.05) is 28.1 Å². The summed E-state index contributed by atoms with van der Waals surface area (Å²) in [6.45, 7) is 0. The minimum Gasteiger partial charge on any atom is -0.336 e. The zero-order chi connectivity index (χ0) is 19.3. The molecule has 5 rings (SSSR count). The average molecular weight is 412 g/mol. The van der Waals surface area contributed by atoms with Crippen molar-refractivity contribution in [1.29, 1.82) is 0 Å². The second-order valence-corrected chi connectivity index (χ2v) is 7.80. The Morgan fingerprint density at radius 2 is 2.04 bits per heavy atom. The predicted octanol–water partition coefficient (Wildman–Crippen LogP) is 5.46. The standard InChI is InChI=1S/C20H15ClFN5S/c1-27-20(23-10-24-27)12-5-2-4-11-16(12)25-19(13-8-9-28-18(11)13)26-17-14(21)6-3-7-15(17)22/h2-10,20H,1H3,(H,23,24)(H,25,26). The number of nitrogens with one attached hydrogen (secondary N) is 2. The number of benzene rings is 2. The number of pyridine rings is 1. The van der Waals surface area contributed by atoms with Crippen molar-refractivity contribution in [2.45, 2.75) is 6.17 Å². The van der Waals surface area contributed by atoms with Gasteiger partial charge in [-0.3, -0.25) is 0 Å². The fourth-order valence-electron chi connectivity index (χ4n) is 3.44. The molecule has 28 heavy (non-hydrogen) atoms. The first-order chi connectivity index (χ1) is 13.6. The highest BCUT2D eigenvalue weighted by Crippen LogP contribution is 2.39. The molecule has 0 amide bonds. The van der Waals surface area contributed by atoms with E-state index in [1.165, 1.54) is 6.07 Å². The van der Waals surface area contributed by atoms with Gasteiger partial charge in [0.15, 0.2) is 0 Å². The van der Waals surface area contributed by atoms with Crippen LogP contribution in [-0.2, 0) is 0 Å².